The molecule has 1 aromatic rings. The average molecular weight is 164 g/mol. The SMILES string of the molecule is Cc1ncnc2c1C(C)CC2O. The molecule has 0 fully saturated rings. The maximum absolute atomic E-state index is 9.59. The van der Waals surface area contributed by atoms with Gasteiger partial charge in [-0.2, -0.15) is 0 Å². The molecular weight excluding hydrogens is 152 g/mol. The molecule has 0 spiro atoms. The fourth-order valence-electron chi connectivity index (χ4n) is 1.94. The second-order valence-electron chi connectivity index (χ2n) is 3.41. The normalized spacial score (nSPS) is 27.2. The summed E-state index contributed by atoms with van der Waals surface area (Å²) in [6, 6.07) is 0. The predicted molar refractivity (Wildman–Crippen MR) is 44.8 cm³/mol. The van der Waals surface area contributed by atoms with Gasteiger partial charge in [-0.05, 0) is 19.3 Å². The van der Waals surface area contributed by atoms with Crippen molar-refractivity contribution in [3.63, 3.8) is 0 Å². The van der Waals surface area contributed by atoms with Gasteiger partial charge >= 0.3 is 0 Å². The van der Waals surface area contributed by atoms with Gasteiger partial charge in [-0.25, -0.2) is 9.97 Å². The van der Waals surface area contributed by atoms with Crippen LogP contribution in [0.15, 0.2) is 6.33 Å². The van der Waals surface area contributed by atoms with Crippen molar-refractivity contribution >= 4 is 0 Å². The van der Waals surface area contributed by atoms with E-state index in [-0.39, 0.29) is 6.10 Å². The van der Waals surface area contributed by atoms with E-state index in [1.165, 1.54) is 6.33 Å². The van der Waals surface area contributed by atoms with E-state index < -0.39 is 0 Å². The Labute approximate surface area is 71.5 Å². The lowest BCUT2D eigenvalue weighted by molar-refractivity contribution is 0.170. The van der Waals surface area contributed by atoms with Crippen LogP contribution in [-0.4, -0.2) is 15.1 Å². The Balaban J connectivity index is 2.59. The highest BCUT2D eigenvalue weighted by Gasteiger charge is 2.29. The topological polar surface area (TPSA) is 46.0 Å². The van der Waals surface area contributed by atoms with Crippen molar-refractivity contribution in [1.82, 2.24) is 9.97 Å². The highest BCUT2D eigenvalue weighted by Crippen LogP contribution is 2.39. The number of rotatable bonds is 0. The summed E-state index contributed by atoms with van der Waals surface area (Å²) in [4.78, 5) is 8.20. The molecule has 0 aromatic carbocycles. The fraction of sp³-hybridized carbons (Fsp3) is 0.556. The van der Waals surface area contributed by atoms with Crippen molar-refractivity contribution in [1.29, 1.82) is 0 Å². The van der Waals surface area contributed by atoms with Gasteiger partial charge in [0.2, 0.25) is 0 Å². The number of fused-ring (bicyclic) bond motifs is 1. The van der Waals surface area contributed by atoms with Gasteiger partial charge in [0.05, 0.1) is 11.8 Å². The Kier molecular flexibility index (Phi) is 1.61. The Morgan fingerprint density at radius 2 is 2.25 bits per heavy atom. The molecule has 1 N–H and O–H groups in total. The van der Waals surface area contributed by atoms with Crippen molar-refractivity contribution in [2.45, 2.75) is 32.3 Å². The predicted octanol–water partition coefficient (Wildman–Crippen LogP) is 1.33. The van der Waals surface area contributed by atoms with E-state index in [4.69, 9.17) is 0 Å². The smallest absolute Gasteiger partial charge is 0.116 e. The number of aliphatic hydroxyl groups is 1. The van der Waals surface area contributed by atoms with Gasteiger partial charge < -0.3 is 5.11 Å². The van der Waals surface area contributed by atoms with E-state index in [9.17, 15) is 5.11 Å². The van der Waals surface area contributed by atoms with E-state index in [1.54, 1.807) is 0 Å². The number of nitrogens with zero attached hydrogens (tertiary/aromatic N) is 2. The maximum atomic E-state index is 9.59. The largest absolute Gasteiger partial charge is 0.387 e. The molecule has 0 radical (unpaired) electrons. The molecule has 2 atom stereocenters. The second kappa shape index (κ2) is 2.52. The van der Waals surface area contributed by atoms with Gasteiger partial charge in [0.15, 0.2) is 0 Å². The quantitative estimate of drug-likeness (QED) is 0.629. The molecule has 1 heterocycles. The molecule has 12 heavy (non-hydrogen) atoms. The summed E-state index contributed by atoms with van der Waals surface area (Å²) in [5, 5.41) is 9.59. The van der Waals surface area contributed by atoms with Crippen LogP contribution < -0.4 is 0 Å². The minimum Gasteiger partial charge on any atom is -0.387 e. The molecule has 0 aliphatic heterocycles. The van der Waals surface area contributed by atoms with Crippen LogP contribution in [0, 0.1) is 6.92 Å². The summed E-state index contributed by atoms with van der Waals surface area (Å²) in [5.74, 6) is 0.399. The Morgan fingerprint density at radius 3 is 2.92 bits per heavy atom. The molecule has 0 bridgehead atoms. The van der Waals surface area contributed by atoms with Gasteiger partial charge in [0.25, 0.3) is 0 Å². The zero-order chi connectivity index (χ0) is 8.72. The first-order chi connectivity index (χ1) is 5.70. The summed E-state index contributed by atoms with van der Waals surface area (Å²) in [5.41, 5.74) is 2.98. The van der Waals surface area contributed by atoms with Gasteiger partial charge in [-0.3, -0.25) is 0 Å². The van der Waals surface area contributed by atoms with Gasteiger partial charge in [-0.1, -0.05) is 6.92 Å². The van der Waals surface area contributed by atoms with Crippen LogP contribution in [-0.2, 0) is 0 Å². The van der Waals surface area contributed by atoms with Gasteiger partial charge in [-0.15, -0.1) is 0 Å². The van der Waals surface area contributed by atoms with Crippen molar-refractivity contribution in [3.8, 4) is 0 Å². The Bertz CT molecular complexity index is 311. The van der Waals surface area contributed by atoms with E-state index in [0.717, 1.165) is 23.4 Å². The third-order valence-corrected chi connectivity index (χ3v) is 2.50. The summed E-state index contributed by atoms with van der Waals surface area (Å²) < 4.78 is 0. The van der Waals surface area contributed by atoms with Crippen LogP contribution in [0.2, 0.25) is 0 Å². The minimum absolute atomic E-state index is 0.378. The number of hydrogen-bond acceptors (Lipinski definition) is 3. The Morgan fingerprint density at radius 1 is 1.50 bits per heavy atom. The fourth-order valence-corrected chi connectivity index (χ4v) is 1.94. The minimum atomic E-state index is -0.378. The van der Waals surface area contributed by atoms with Crippen LogP contribution in [0.4, 0.5) is 0 Å². The van der Waals surface area contributed by atoms with E-state index in [2.05, 4.69) is 16.9 Å². The molecule has 0 saturated carbocycles. The lowest BCUT2D eigenvalue weighted by Gasteiger charge is -2.04. The first-order valence-corrected chi connectivity index (χ1v) is 4.19. The van der Waals surface area contributed by atoms with Gasteiger partial charge in [0.1, 0.15) is 6.33 Å². The van der Waals surface area contributed by atoms with Crippen LogP contribution in [0.3, 0.4) is 0 Å². The monoisotopic (exact) mass is 164 g/mol. The van der Waals surface area contributed by atoms with Crippen LogP contribution in [0.5, 0.6) is 0 Å². The molecule has 64 valence electrons. The Hall–Kier alpha value is -0.960. The molecule has 0 saturated heterocycles. The van der Waals surface area contributed by atoms with Crippen LogP contribution in [0.1, 0.15) is 42.3 Å². The average Bonchev–Trinajstić information content (AvgIpc) is 2.29. The summed E-state index contributed by atoms with van der Waals surface area (Å²) >= 11 is 0. The summed E-state index contributed by atoms with van der Waals surface area (Å²) in [6.45, 7) is 4.07. The van der Waals surface area contributed by atoms with Crippen molar-refractivity contribution in [3.05, 3.63) is 23.3 Å². The zero-order valence-corrected chi connectivity index (χ0v) is 7.28. The van der Waals surface area contributed by atoms with Crippen molar-refractivity contribution < 1.29 is 5.11 Å². The summed E-state index contributed by atoms with van der Waals surface area (Å²) in [7, 11) is 0. The third kappa shape index (κ3) is 0.932. The molecule has 3 heteroatoms. The standard InChI is InChI=1S/C9H12N2O/c1-5-3-7(12)9-8(5)6(2)10-4-11-9/h4-5,7,12H,3H2,1-2H3. The molecule has 1 aromatic heterocycles. The molecule has 1 aliphatic rings. The summed E-state index contributed by atoms with van der Waals surface area (Å²) in [6.07, 6.45) is 1.93. The number of aliphatic hydroxyl groups excluding tert-OH is 1. The number of aromatic nitrogens is 2. The van der Waals surface area contributed by atoms with Crippen LogP contribution in [0.25, 0.3) is 0 Å². The van der Waals surface area contributed by atoms with E-state index in [0.29, 0.717) is 5.92 Å². The molecule has 2 unspecified atom stereocenters. The molecule has 1 aliphatic carbocycles. The lowest BCUT2D eigenvalue weighted by atomic mass is 10.0. The van der Waals surface area contributed by atoms with Crippen molar-refractivity contribution in [2.24, 2.45) is 0 Å². The van der Waals surface area contributed by atoms with Crippen molar-refractivity contribution in [2.75, 3.05) is 0 Å². The molecule has 3 nitrogen and oxygen atoms in total. The third-order valence-electron chi connectivity index (χ3n) is 2.50. The van der Waals surface area contributed by atoms with E-state index in [1.807, 2.05) is 6.92 Å². The highest BCUT2D eigenvalue weighted by molar-refractivity contribution is 5.33. The first-order valence-electron chi connectivity index (χ1n) is 4.19. The molecular formula is C9H12N2O. The lowest BCUT2D eigenvalue weighted by Crippen LogP contribution is -1.98. The van der Waals surface area contributed by atoms with Gasteiger partial charge in [0, 0.05) is 11.3 Å². The van der Waals surface area contributed by atoms with E-state index >= 15 is 0 Å². The number of hydrogen-bond donors (Lipinski definition) is 1. The molecule has 2 rings (SSSR count). The van der Waals surface area contributed by atoms with Crippen LogP contribution >= 0.6 is 0 Å². The number of aryl methyl sites for hydroxylation is 1. The zero-order valence-electron chi connectivity index (χ0n) is 7.28. The first kappa shape index (κ1) is 7.68. The maximum Gasteiger partial charge on any atom is 0.116 e. The highest BCUT2D eigenvalue weighted by atomic mass is 16.3. The molecule has 0 amide bonds. The second-order valence-corrected chi connectivity index (χ2v) is 3.41.